The minimum atomic E-state index is -3.37. The van der Waals surface area contributed by atoms with E-state index in [9.17, 15) is 8.42 Å². The predicted octanol–water partition coefficient (Wildman–Crippen LogP) is 2.69. The third-order valence-electron chi connectivity index (χ3n) is 4.23. The molecule has 0 aromatic heterocycles. The highest BCUT2D eigenvalue weighted by Crippen LogP contribution is 2.51. The molecule has 3 atom stereocenters. The summed E-state index contributed by atoms with van der Waals surface area (Å²) in [4.78, 5) is 0. The first-order valence-electron chi connectivity index (χ1n) is 6.34. The van der Waals surface area contributed by atoms with Crippen LogP contribution in [-0.2, 0) is 10.0 Å². The summed E-state index contributed by atoms with van der Waals surface area (Å²) in [5.74, 6) is 1.05. The Labute approximate surface area is 108 Å². The normalized spacial score (nSPS) is 29.9. The van der Waals surface area contributed by atoms with Crippen LogP contribution in [0.3, 0.4) is 0 Å². The zero-order valence-corrected chi connectivity index (χ0v) is 11.0. The van der Waals surface area contributed by atoms with Gasteiger partial charge in [-0.3, -0.25) is 0 Å². The maximum absolute atomic E-state index is 11.7. The van der Waals surface area contributed by atoms with Gasteiger partial charge in [-0.1, -0.05) is 30.8 Å². The van der Waals surface area contributed by atoms with E-state index in [1.165, 1.54) is 12.0 Å². The van der Waals surface area contributed by atoms with Crippen molar-refractivity contribution >= 4 is 10.0 Å². The van der Waals surface area contributed by atoms with Gasteiger partial charge < -0.3 is 0 Å². The molecule has 1 N–H and O–H groups in total. The molecule has 0 amide bonds. The maximum Gasteiger partial charge on any atom is 0.233 e. The first kappa shape index (κ1) is 11.9. The predicted molar refractivity (Wildman–Crippen MR) is 71.5 cm³/mol. The minimum Gasteiger partial charge on any atom is -0.208 e. The van der Waals surface area contributed by atoms with Gasteiger partial charge in [0.2, 0.25) is 10.0 Å². The van der Waals surface area contributed by atoms with Gasteiger partial charge in [-0.05, 0) is 42.2 Å². The average Bonchev–Trinajstić information content (AvgIpc) is 2.81. The van der Waals surface area contributed by atoms with Gasteiger partial charge >= 0.3 is 0 Å². The van der Waals surface area contributed by atoms with Gasteiger partial charge in [-0.2, -0.15) is 0 Å². The fourth-order valence-electron chi connectivity index (χ4n) is 3.41. The van der Waals surface area contributed by atoms with Crippen molar-refractivity contribution in [3.8, 4) is 0 Å². The van der Waals surface area contributed by atoms with Crippen molar-refractivity contribution in [1.29, 1.82) is 0 Å². The second-order valence-electron chi connectivity index (χ2n) is 5.21. The van der Waals surface area contributed by atoms with Crippen LogP contribution in [0.1, 0.15) is 42.3 Å². The Balaban J connectivity index is 2.03. The van der Waals surface area contributed by atoms with E-state index >= 15 is 0 Å². The Morgan fingerprint density at radius 1 is 1.22 bits per heavy atom. The second kappa shape index (κ2) is 4.21. The Bertz CT molecular complexity index is 579. The zero-order chi connectivity index (χ0) is 12.8. The van der Waals surface area contributed by atoms with Crippen molar-refractivity contribution in [3.05, 3.63) is 47.4 Å². The highest BCUT2D eigenvalue weighted by molar-refractivity contribution is 7.92. The molecular weight excluding hydrogens is 246 g/mol. The van der Waals surface area contributed by atoms with Gasteiger partial charge in [0, 0.05) is 5.41 Å². The van der Waals surface area contributed by atoms with Crippen LogP contribution in [0.5, 0.6) is 0 Å². The van der Waals surface area contributed by atoms with Crippen LogP contribution in [0, 0.1) is 5.92 Å². The van der Waals surface area contributed by atoms with Crippen molar-refractivity contribution in [2.24, 2.45) is 5.92 Å². The molecule has 0 saturated heterocycles. The molecule has 1 aromatic carbocycles. The zero-order valence-electron chi connectivity index (χ0n) is 10.2. The van der Waals surface area contributed by atoms with Crippen LogP contribution >= 0.6 is 0 Å². The van der Waals surface area contributed by atoms with Crippen LogP contribution < -0.4 is 4.72 Å². The maximum atomic E-state index is 11.7. The molecule has 3 unspecified atom stereocenters. The van der Waals surface area contributed by atoms with Crippen molar-refractivity contribution in [3.63, 3.8) is 0 Å². The monoisotopic (exact) mass is 263 g/mol. The molecule has 2 aliphatic rings. The number of sulfonamides is 1. The third-order valence-corrected chi connectivity index (χ3v) is 5.25. The van der Waals surface area contributed by atoms with Crippen LogP contribution in [0.25, 0.3) is 0 Å². The van der Waals surface area contributed by atoms with Crippen molar-refractivity contribution < 1.29 is 8.42 Å². The van der Waals surface area contributed by atoms with E-state index in [2.05, 4.69) is 23.4 Å². The van der Waals surface area contributed by atoms with Gasteiger partial charge in [-0.25, -0.2) is 13.1 Å². The molecule has 2 bridgehead atoms. The summed E-state index contributed by atoms with van der Waals surface area (Å²) >= 11 is 0. The van der Waals surface area contributed by atoms with E-state index in [-0.39, 0.29) is 6.04 Å². The summed E-state index contributed by atoms with van der Waals surface area (Å²) in [7, 11) is -3.37. The van der Waals surface area contributed by atoms with Crippen molar-refractivity contribution in [1.82, 2.24) is 4.72 Å². The molecule has 3 rings (SSSR count). The molecule has 2 aliphatic carbocycles. The lowest BCUT2D eigenvalue weighted by Gasteiger charge is -2.31. The summed E-state index contributed by atoms with van der Waals surface area (Å²) in [5.41, 5.74) is 2.48. The number of benzene rings is 1. The molecule has 0 spiro atoms. The SMILES string of the molecule is C=CS(=O)(=O)NC1c2ccccc2C2CCC1C2. The summed E-state index contributed by atoms with van der Waals surface area (Å²) in [6.07, 6.45) is 3.37. The Kier molecular flexibility index (Phi) is 2.79. The standard InChI is InChI=1S/C14H17NO2S/c1-2-18(16,17)15-14-11-8-7-10(9-11)12-5-3-4-6-13(12)14/h2-6,10-11,14-15H,1,7-9H2. The van der Waals surface area contributed by atoms with Gasteiger partial charge in [0.1, 0.15) is 0 Å². The van der Waals surface area contributed by atoms with E-state index in [0.717, 1.165) is 23.8 Å². The van der Waals surface area contributed by atoms with Gasteiger partial charge in [0.05, 0.1) is 6.04 Å². The van der Waals surface area contributed by atoms with Crippen LogP contribution in [-0.4, -0.2) is 8.42 Å². The topological polar surface area (TPSA) is 46.2 Å². The summed E-state index contributed by atoms with van der Waals surface area (Å²) in [6.45, 7) is 3.36. The number of hydrogen-bond acceptors (Lipinski definition) is 2. The van der Waals surface area contributed by atoms with Crippen LogP contribution in [0.4, 0.5) is 0 Å². The highest BCUT2D eigenvalue weighted by atomic mass is 32.2. The lowest BCUT2D eigenvalue weighted by atomic mass is 9.80. The fourth-order valence-corrected chi connectivity index (χ4v) is 4.18. The smallest absolute Gasteiger partial charge is 0.208 e. The summed E-state index contributed by atoms with van der Waals surface area (Å²) < 4.78 is 26.2. The Hall–Kier alpha value is -1.13. The van der Waals surface area contributed by atoms with E-state index < -0.39 is 10.0 Å². The van der Waals surface area contributed by atoms with Crippen molar-refractivity contribution in [2.75, 3.05) is 0 Å². The first-order valence-corrected chi connectivity index (χ1v) is 7.89. The number of fused-ring (bicyclic) bond motifs is 4. The van der Waals surface area contributed by atoms with E-state index in [1.54, 1.807) is 0 Å². The van der Waals surface area contributed by atoms with E-state index in [1.807, 2.05) is 12.1 Å². The molecule has 3 nitrogen and oxygen atoms in total. The highest BCUT2D eigenvalue weighted by Gasteiger charge is 2.40. The van der Waals surface area contributed by atoms with Gasteiger partial charge in [-0.15, -0.1) is 0 Å². The van der Waals surface area contributed by atoms with Crippen LogP contribution in [0.2, 0.25) is 0 Å². The second-order valence-corrected chi connectivity index (χ2v) is 6.87. The molecule has 0 radical (unpaired) electrons. The van der Waals surface area contributed by atoms with Gasteiger partial charge in [0.15, 0.2) is 0 Å². The summed E-state index contributed by atoms with van der Waals surface area (Å²) in [6, 6.07) is 8.13. The molecule has 18 heavy (non-hydrogen) atoms. The first-order chi connectivity index (χ1) is 8.61. The Morgan fingerprint density at radius 2 is 1.94 bits per heavy atom. The molecule has 1 fully saturated rings. The van der Waals surface area contributed by atoms with E-state index in [4.69, 9.17) is 0 Å². The van der Waals surface area contributed by atoms with E-state index in [0.29, 0.717) is 11.8 Å². The molecule has 96 valence electrons. The largest absolute Gasteiger partial charge is 0.233 e. The lowest BCUT2D eigenvalue weighted by Crippen LogP contribution is -2.33. The quantitative estimate of drug-likeness (QED) is 0.911. The fraction of sp³-hybridized carbons (Fsp3) is 0.429. The molecule has 1 aromatic rings. The van der Waals surface area contributed by atoms with Crippen molar-refractivity contribution in [2.45, 2.75) is 31.2 Å². The Morgan fingerprint density at radius 3 is 2.67 bits per heavy atom. The number of hydrogen-bond donors (Lipinski definition) is 1. The molecular formula is C14H17NO2S. The van der Waals surface area contributed by atoms with Gasteiger partial charge in [0.25, 0.3) is 0 Å². The number of rotatable bonds is 3. The summed E-state index contributed by atoms with van der Waals surface area (Å²) in [5, 5.41) is 0.997. The average molecular weight is 263 g/mol. The minimum absolute atomic E-state index is 0.0806. The lowest BCUT2D eigenvalue weighted by molar-refractivity contribution is 0.389. The molecule has 1 saturated carbocycles. The third kappa shape index (κ3) is 1.89. The van der Waals surface area contributed by atoms with Crippen LogP contribution in [0.15, 0.2) is 36.3 Å². The molecule has 4 heteroatoms. The molecule has 0 heterocycles. The number of nitrogens with one attached hydrogen (secondary N) is 1. The molecule has 0 aliphatic heterocycles.